The second-order valence-corrected chi connectivity index (χ2v) is 5.14. The molecule has 1 N–H and O–H groups in total. The van der Waals surface area contributed by atoms with Gasteiger partial charge in [-0.3, -0.25) is 0 Å². The lowest BCUT2D eigenvalue weighted by atomic mass is 10.0. The van der Waals surface area contributed by atoms with E-state index < -0.39 is 0 Å². The molecule has 0 heterocycles. The van der Waals surface area contributed by atoms with Crippen molar-refractivity contribution in [2.24, 2.45) is 0 Å². The highest BCUT2D eigenvalue weighted by molar-refractivity contribution is 9.10. The molecule has 1 atom stereocenters. The quantitative estimate of drug-likeness (QED) is 0.827. The predicted molar refractivity (Wildman–Crippen MR) is 76.8 cm³/mol. The number of aryl methyl sites for hydroxylation is 1. The molecule has 0 spiro atoms. The maximum atomic E-state index is 5.23. The fraction of sp³-hybridized carbons (Fsp3) is 0.571. The maximum Gasteiger partial charge on any atom is 0.133 e. The summed E-state index contributed by atoms with van der Waals surface area (Å²) in [5.74, 6) is 0.896. The zero-order chi connectivity index (χ0) is 12.7. The molecule has 1 unspecified atom stereocenters. The van der Waals surface area contributed by atoms with Crippen LogP contribution in [0.4, 0.5) is 0 Å². The summed E-state index contributed by atoms with van der Waals surface area (Å²) < 4.78 is 6.26. The largest absolute Gasteiger partial charge is 0.496 e. The summed E-state index contributed by atoms with van der Waals surface area (Å²) in [4.78, 5) is 0. The molecular weight excluding hydrogens is 278 g/mol. The second kappa shape index (κ2) is 7.72. The van der Waals surface area contributed by atoms with Gasteiger partial charge in [0.1, 0.15) is 5.75 Å². The molecule has 0 aliphatic carbocycles. The second-order valence-electron chi connectivity index (χ2n) is 4.28. The van der Waals surface area contributed by atoms with Gasteiger partial charge in [0.05, 0.1) is 11.6 Å². The lowest BCUT2D eigenvalue weighted by Gasteiger charge is -2.15. The summed E-state index contributed by atoms with van der Waals surface area (Å²) in [5.41, 5.74) is 1.36. The van der Waals surface area contributed by atoms with E-state index in [0.29, 0.717) is 6.04 Å². The summed E-state index contributed by atoms with van der Waals surface area (Å²) >= 11 is 3.52. The summed E-state index contributed by atoms with van der Waals surface area (Å²) in [6.45, 7) is 2.23. The molecule has 0 fully saturated rings. The highest BCUT2D eigenvalue weighted by Crippen LogP contribution is 2.26. The van der Waals surface area contributed by atoms with Crippen LogP contribution in [-0.2, 0) is 6.42 Å². The Balaban J connectivity index is 2.54. The highest BCUT2D eigenvalue weighted by atomic mass is 79.9. The van der Waals surface area contributed by atoms with E-state index in [1.165, 1.54) is 24.8 Å². The van der Waals surface area contributed by atoms with E-state index in [0.717, 1.165) is 16.6 Å². The van der Waals surface area contributed by atoms with Crippen molar-refractivity contribution in [2.75, 3.05) is 14.2 Å². The average Bonchev–Trinajstić information content (AvgIpc) is 2.34. The molecule has 0 saturated heterocycles. The maximum absolute atomic E-state index is 5.23. The summed E-state index contributed by atoms with van der Waals surface area (Å²) in [6, 6.07) is 6.94. The standard InChI is InChI=1S/C14H22BrNO/c1-4-5-12(16-2)8-6-11-7-9-14(17-3)13(15)10-11/h7,9-10,12,16H,4-6,8H2,1-3H3. The van der Waals surface area contributed by atoms with Gasteiger partial charge in [0.25, 0.3) is 0 Å². The van der Waals surface area contributed by atoms with Crippen LogP contribution in [0.3, 0.4) is 0 Å². The van der Waals surface area contributed by atoms with Gasteiger partial charge in [0.15, 0.2) is 0 Å². The first-order valence-corrected chi connectivity index (χ1v) is 7.00. The summed E-state index contributed by atoms with van der Waals surface area (Å²) in [7, 11) is 3.74. The Morgan fingerprint density at radius 1 is 1.35 bits per heavy atom. The van der Waals surface area contributed by atoms with Gasteiger partial charge < -0.3 is 10.1 Å². The predicted octanol–water partition coefficient (Wildman–Crippen LogP) is 3.78. The normalized spacial score (nSPS) is 12.5. The first kappa shape index (κ1) is 14.5. The number of ether oxygens (including phenoxy) is 1. The van der Waals surface area contributed by atoms with Crippen molar-refractivity contribution in [3.63, 3.8) is 0 Å². The third-order valence-electron chi connectivity index (χ3n) is 3.04. The van der Waals surface area contributed by atoms with Crippen LogP contribution in [0.2, 0.25) is 0 Å². The van der Waals surface area contributed by atoms with E-state index in [1.54, 1.807) is 7.11 Å². The Bertz CT molecular complexity index is 341. The third kappa shape index (κ3) is 4.68. The Hall–Kier alpha value is -0.540. The summed E-state index contributed by atoms with van der Waals surface area (Å²) in [6.07, 6.45) is 4.77. The molecule has 0 aliphatic heterocycles. The minimum atomic E-state index is 0.626. The molecule has 1 rings (SSSR count). The van der Waals surface area contributed by atoms with Crippen molar-refractivity contribution in [2.45, 2.75) is 38.6 Å². The van der Waals surface area contributed by atoms with Crippen LogP contribution < -0.4 is 10.1 Å². The van der Waals surface area contributed by atoms with Crippen molar-refractivity contribution < 1.29 is 4.74 Å². The Kier molecular flexibility index (Phi) is 6.60. The fourth-order valence-corrected chi connectivity index (χ4v) is 2.58. The molecule has 1 aromatic carbocycles. The van der Waals surface area contributed by atoms with Gasteiger partial charge in [-0.1, -0.05) is 19.4 Å². The molecule has 17 heavy (non-hydrogen) atoms. The van der Waals surface area contributed by atoms with Crippen molar-refractivity contribution >= 4 is 15.9 Å². The molecule has 0 saturated carbocycles. The van der Waals surface area contributed by atoms with Crippen molar-refractivity contribution in [3.05, 3.63) is 28.2 Å². The summed E-state index contributed by atoms with van der Waals surface area (Å²) in [5, 5.41) is 3.37. The van der Waals surface area contributed by atoms with Gasteiger partial charge in [0.2, 0.25) is 0 Å². The number of benzene rings is 1. The van der Waals surface area contributed by atoms with Crippen LogP contribution in [0.15, 0.2) is 22.7 Å². The zero-order valence-electron chi connectivity index (χ0n) is 10.9. The zero-order valence-corrected chi connectivity index (χ0v) is 12.5. The van der Waals surface area contributed by atoms with Gasteiger partial charge >= 0.3 is 0 Å². The van der Waals surface area contributed by atoms with E-state index >= 15 is 0 Å². The van der Waals surface area contributed by atoms with Gasteiger partial charge in [-0.05, 0) is 59.9 Å². The van der Waals surface area contributed by atoms with Gasteiger partial charge in [-0.2, -0.15) is 0 Å². The number of rotatable bonds is 7. The minimum Gasteiger partial charge on any atom is -0.496 e. The molecule has 0 amide bonds. The molecule has 0 radical (unpaired) electrons. The first-order valence-electron chi connectivity index (χ1n) is 6.21. The van der Waals surface area contributed by atoms with E-state index in [2.05, 4.69) is 40.3 Å². The number of methoxy groups -OCH3 is 1. The molecular formula is C14H22BrNO. The lowest BCUT2D eigenvalue weighted by molar-refractivity contribution is 0.412. The number of hydrogen-bond donors (Lipinski definition) is 1. The van der Waals surface area contributed by atoms with Crippen LogP contribution in [0, 0.1) is 0 Å². The smallest absolute Gasteiger partial charge is 0.133 e. The monoisotopic (exact) mass is 299 g/mol. The fourth-order valence-electron chi connectivity index (χ4n) is 1.99. The van der Waals surface area contributed by atoms with E-state index in [1.807, 2.05) is 13.1 Å². The molecule has 3 heteroatoms. The highest BCUT2D eigenvalue weighted by Gasteiger charge is 2.06. The van der Waals surface area contributed by atoms with E-state index in [9.17, 15) is 0 Å². The molecule has 96 valence electrons. The van der Waals surface area contributed by atoms with E-state index in [-0.39, 0.29) is 0 Å². The Labute approximate surface area is 113 Å². The Morgan fingerprint density at radius 3 is 2.65 bits per heavy atom. The van der Waals surface area contributed by atoms with Crippen molar-refractivity contribution in [3.8, 4) is 5.75 Å². The van der Waals surface area contributed by atoms with Crippen LogP contribution in [0.25, 0.3) is 0 Å². The Morgan fingerprint density at radius 2 is 2.12 bits per heavy atom. The van der Waals surface area contributed by atoms with Gasteiger partial charge in [-0.15, -0.1) is 0 Å². The van der Waals surface area contributed by atoms with Crippen LogP contribution in [-0.4, -0.2) is 20.2 Å². The SMILES string of the molecule is CCCC(CCc1ccc(OC)c(Br)c1)NC. The molecule has 0 aliphatic rings. The number of halogens is 1. The molecule has 0 bridgehead atoms. The molecule has 0 aromatic heterocycles. The van der Waals surface area contributed by atoms with Gasteiger partial charge in [-0.25, -0.2) is 0 Å². The van der Waals surface area contributed by atoms with Gasteiger partial charge in [0, 0.05) is 6.04 Å². The minimum absolute atomic E-state index is 0.626. The van der Waals surface area contributed by atoms with Crippen molar-refractivity contribution in [1.29, 1.82) is 0 Å². The molecule has 2 nitrogen and oxygen atoms in total. The lowest BCUT2D eigenvalue weighted by Crippen LogP contribution is -2.25. The van der Waals surface area contributed by atoms with Crippen LogP contribution in [0.1, 0.15) is 31.7 Å². The number of nitrogens with one attached hydrogen (secondary N) is 1. The topological polar surface area (TPSA) is 21.3 Å². The first-order chi connectivity index (χ1) is 8.21. The van der Waals surface area contributed by atoms with Crippen LogP contribution in [0.5, 0.6) is 5.75 Å². The molecule has 1 aromatic rings. The third-order valence-corrected chi connectivity index (χ3v) is 3.66. The van der Waals surface area contributed by atoms with Crippen molar-refractivity contribution in [1.82, 2.24) is 5.32 Å². The average molecular weight is 300 g/mol. The number of hydrogen-bond acceptors (Lipinski definition) is 2. The van der Waals surface area contributed by atoms with Crippen LogP contribution >= 0.6 is 15.9 Å². The van der Waals surface area contributed by atoms with E-state index in [4.69, 9.17) is 4.74 Å².